The minimum Gasteiger partial charge on any atom is -0.303 e. The zero-order chi connectivity index (χ0) is 11.1. The predicted molar refractivity (Wildman–Crippen MR) is 56.3 cm³/mol. The van der Waals surface area contributed by atoms with E-state index in [2.05, 4.69) is 0 Å². The van der Waals surface area contributed by atoms with Crippen molar-refractivity contribution in [3.63, 3.8) is 0 Å². The van der Waals surface area contributed by atoms with E-state index in [9.17, 15) is 8.78 Å². The quantitative estimate of drug-likeness (QED) is 0.718. The van der Waals surface area contributed by atoms with E-state index in [1.54, 1.807) is 0 Å². The number of halogens is 3. The molecule has 1 aromatic carbocycles. The normalized spacial score (nSPS) is 27.2. The molecule has 1 aliphatic rings. The summed E-state index contributed by atoms with van der Waals surface area (Å²) < 4.78 is 27.5. The van der Waals surface area contributed by atoms with E-state index in [0.29, 0.717) is 25.1 Å². The van der Waals surface area contributed by atoms with Crippen molar-refractivity contribution in [2.45, 2.75) is 12.1 Å². The molecular formula is C11H12ClF2N. The molecule has 1 saturated heterocycles. The summed E-state index contributed by atoms with van der Waals surface area (Å²) in [5, 5.41) is 0.247. The van der Waals surface area contributed by atoms with Crippen LogP contribution in [0.15, 0.2) is 18.2 Å². The Labute approximate surface area is 92.6 Å². The van der Waals surface area contributed by atoms with Crippen molar-refractivity contribution in [2.75, 3.05) is 20.1 Å². The first-order valence-corrected chi connectivity index (χ1v) is 5.21. The zero-order valence-electron chi connectivity index (χ0n) is 8.43. The van der Waals surface area contributed by atoms with Crippen LogP contribution in [0.3, 0.4) is 0 Å². The molecule has 1 fully saturated rings. The maximum absolute atomic E-state index is 14.4. The summed E-state index contributed by atoms with van der Waals surface area (Å²) in [6, 6.07) is 3.92. The minimum absolute atomic E-state index is 0.247. The topological polar surface area (TPSA) is 3.24 Å². The summed E-state index contributed by atoms with van der Waals surface area (Å²) in [6.45, 7) is 0.984. The van der Waals surface area contributed by atoms with Crippen molar-refractivity contribution in [2.24, 2.45) is 0 Å². The summed E-state index contributed by atoms with van der Waals surface area (Å²) >= 11 is 5.71. The largest absolute Gasteiger partial charge is 0.303 e. The molecule has 1 atom stereocenters. The molecule has 0 aliphatic carbocycles. The van der Waals surface area contributed by atoms with Gasteiger partial charge in [0.1, 0.15) is 11.5 Å². The highest BCUT2D eigenvalue weighted by Crippen LogP contribution is 2.36. The number of likely N-dealkylation sites (tertiary alicyclic amines) is 1. The number of benzene rings is 1. The molecule has 1 unspecified atom stereocenters. The van der Waals surface area contributed by atoms with Crippen LogP contribution in [0.2, 0.25) is 5.02 Å². The van der Waals surface area contributed by atoms with Gasteiger partial charge in [-0.1, -0.05) is 11.6 Å². The standard InChI is InChI=1S/C11H12ClF2N/c1-15-3-2-11(14,7-15)8-4-9(12)6-10(13)5-8/h4-6H,2-3,7H2,1H3. The first kappa shape index (κ1) is 10.8. The molecular weight excluding hydrogens is 220 g/mol. The molecule has 1 nitrogen and oxygen atoms in total. The second-order valence-corrected chi connectivity index (χ2v) is 4.55. The van der Waals surface area contributed by atoms with Gasteiger partial charge in [0.25, 0.3) is 0 Å². The SMILES string of the molecule is CN1CCC(F)(c2cc(F)cc(Cl)c2)C1. The highest BCUT2D eigenvalue weighted by atomic mass is 35.5. The van der Waals surface area contributed by atoms with Crippen molar-refractivity contribution >= 4 is 11.6 Å². The van der Waals surface area contributed by atoms with Gasteiger partial charge in [-0.25, -0.2) is 8.78 Å². The van der Waals surface area contributed by atoms with Gasteiger partial charge in [-0.05, 0) is 37.2 Å². The Balaban J connectivity index is 2.36. The summed E-state index contributed by atoms with van der Waals surface area (Å²) in [6.07, 6.45) is 0.392. The van der Waals surface area contributed by atoms with E-state index in [1.807, 2.05) is 11.9 Å². The molecule has 2 rings (SSSR count). The Hall–Kier alpha value is -0.670. The number of likely N-dealkylation sites (N-methyl/N-ethyl adjacent to an activating group) is 1. The van der Waals surface area contributed by atoms with Gasteiger partial charge in [0, 0.05) is 18.1 Å². The summed E-state index contributed by atoms with van der Waals surface area (Å²) in [7, 11) is 1.85. The van der Waals surface area contributed by atoms with Gasteiger partial charge in [-0.2, -0.15) is 0 Å². The lowest BCUT2D eigenvalue weighted by atomic mass is 9.95. The predicted octanol–water partition coefficient (Wildman–Crippen LogP) is 2.98. The Bertz CT molecular complexity index is 363. The fourth-order valence-corrected chi connectivity index (χ4v) is 2.22. The second-order valence-electron chi connectivity index (χ2n) is 4.11. The number of alkyl halides is 1. The van der Waals surface area contributed by atoms with Gasteiger partial charge in [0.05, 0.1) is 0 Å². The molecule has 1 heterocycles. The molecule has 15 heavy (non-hydrogen) atoms. The number of rotatable bonds is 1. The second kappa shape index (κ2) is 3.72. The van der Waals surface area contributed by atoms with Crippen molar-refractivity contribution in [1.82, 2.24) is 4.90 Å². The number of hydrogen-bond donors (Lipinski definition) is 0. The third-order valence-electron chi connectivity index (χ3n) is 2.79. The van der Waals surface area contributed by atoms with Crippen molar-refractivity contribution in [1.29, 1.82) is 0 Å². The molecule has 0 amide bonds. The van der Waals surface area contributed by atoms with E-state index < -0.39 is 11.5 Å². The molecule has 82 valence electrons. The highest BCUT2D eigenvalue weighted by Gasteiger charge is 2.38. The summed E-state index contributed by atoms with van der Waals surface area (Å²) in [5.74, 6) is -0.482. The van der Waals surface area contributed by atoms with Gasteiger partial charge in [-0.15, -0.1) is 0 Å². The Morgan fingerprint density at radius 2 is 2.13 bits per heavy atom. The van der Waals surface area contributed by atoms with Gasteiger partial charge in [0.2, 0.25) is 0 Å². The lowest BCUT2D eigenvalue weighted by molar-refractivity contribution is 0.174. The lowest BCUT2D eigenvalue weighted by Gasteiger charge is -2.20. The van der Waals surface area contributed by atoms with Crippen LogP contribution in [0.1, 0.15) is 12.0 Å². The van der Waals surface area contributed by atoms with E-state index in [1.165, 1.54) is 18.2 Å². The van der Waals surface area contributed by atoms with Crippen LogP contribution in [0, 0.1) is 5.82 Å². The maximum atomic E-state index is 14.4. The van der Waals surface area contributed by atoms with Gasteiger partial charge in [0.15, 0.2) is 0 Å². The van der Waals surface area contributed by atoms with E-state index in [0.717, 1.165) is 0 Å². The molecule has 0 saturated carbocycles. The minimum atomic E-state index is -1.46. The van der Waals surface area contributed by atoms with Crippen LogP contribution in [-0.4, -0.2) is 25.0 Å². The summed E-state index contributed by atoms with van der Waals surface area (Å²) in [5.41, 5.74) is -1.11. The first-order chi connectivity index (χ1) is 6.99. The van der Waals surface area contributed by atoms with Gasteiger partial charge in [-0.3, -0.25) is 0 Å². The van der Waals surface area contributed by atoms with E-state index >= 15 is 0 Å². The molecule has 0 bridgehead atoms. The zero-order valence-corrected chi connectivity index (χ0v) is 9.19. The maximum Gasteiger partial charge on any atom is 0.149 e. The smallest absolute Gasteiger partial charge is 0.149 e. The Kier molecular flexibility index (Phi) is 2.69. The van der Waals surface area contributed by atoms with Crippen LogP contribution in [0.5, 0.6) is 0 Å². The third kappa shape index (κ3) is 2.13. The first-order valence-electron chi connectivity index (χ1n) is 4.84. The van der Waals surface area contributed by atoms with Crippen LogP contribution in [-0.2, 0) is 5.67 Å². The van der Waals surface area contributed by atoms with Crippen LogP contribution in [0.25, 0.3) is 0 Å². The molecule has 1 aliphatic heterocycles. The third-order valence-corrected chi connectivity index (χ3v) is 3.01. The average molecular weight is 232 g/mol. The highest BCUT2D eigenvalue weighted by molar-refractivity contribution is 6.30. The fraction of sp³-hybridized carbons (Fsp3) is 0.455. The Morgan fingerprint density at radius 3 is 2.67 bits per heavy atom. The van der Waals surface area contributed by atoms with E-state index in [-0.39, 0.29) is 5.02 Å². The Morgan fingerprint density at radius 1 is 1.40 bits per heavy atom. The van der Waals surface area contributed by atoms with Gasteiger partial charge >= 0.3 is 0 Å². The molecule has 1 aromatic rings. The number of nitrogens with zero attached hydrogens (tertiary/aromatic N) is 1. The van der Waals surface area contributed by atoms with E-state index in [4.69, 9.17) is 11.6 Å². The monoisotopic (exact) mass is 231 g/mol. The van der Waals surface area contributed by atoms with Crippen molar-refractivity contribution in [3.05, 3.63) is 34.6 Å². The molecule has 4 heteroatoms. The van der Waals surface area contributed by atoms with Crippen molar-refractivity contribution < 1.29 is 8.78 Å². The van der Waals surface area contributed by atoms with Gasteiger partial charge < -0.3 is 4.90 Å². The number of hydrogen-bond acceptors (Lipinski definition) is 1. The van der Waals surface area contributed by atoms with Crippen molar-refractivity contribution in [3.8, 4) is 0 Å². The van der Waals surface area contributed by atoms with Crippen LogP contribution < -0.4 is 0 Å². The summed E-state index contributed by atoms with van der Waals surface area (Å²) in [4.78, 5) is 1.89. The van der Waals surface area contributed by atoms with Crippen LogP contribution >= 0.6 is 11.6 Å². The molecule has 0 N–H and O–H groups in total. The fourth-order valence-electron chi connectivity index (χ4n) is 2.00. The molecule has 0 aromatic heterocycles. The molecule has 0 spiro atoms. The van der Waals surface area contributed by atoms with Crippen LogP contribution in [0.4, 0.5) is 8.78 Å². The molecule has 0 radical (unpaired) electrons. The lowest BCUT2D eigenvalue weighted by Crippen LogP contribution is -2.24. The average Bonchev–Trinajstić information content (AvgIpc) is 2.46.